The zero-order valence-corrected chi connectivity index (χ0v) is 10.0. The van der Waals surface area contributed by atoms with Crippen LogP contribution in [-0.2, 0) is 4.74 Å². The van der Waals surface area contributed by atoms with Gasteiger partial charge in [-0.2, -0.15) is 0 Å². The Kier molecular flexibility index (Phi) is 3.18. The maximum atomic E-state index is 13.7. The van der Waals surface area contributed by atoms with Crippen molar-refractivity contribution in [3.05, 3.63) is 39.9 Å². The Morgan fingerprint density at radius 1 is 1.50 bits per heavy atom. The molecule has 0 amide bonds. The van der Waals surface area contributed by atoms with Crippen LogP contribution >= 0.6 is 0 Å². The van der Waals surface area contributed by atoms with Gasteiger partial charge in [0.15, 0.2) is 0 Å². The normalized spacial score (nSPS) is 10.6. The fourth-order valence-corrected chi connectivity index (χ4v) is 1.79. The van der Waals surface area contributed by atoms with Crippen molar-refractivity contribution in [3.63, 3.8) is 0 Å². The predicted molar refractivity (Wildman–Crippen MR) is 68.7 cm³/mol. The van der Waals surface area contributed by atoms with E-state index in [1.54, 1.807) is 20.8 Å². The van der Waals surface area contributed by atoms with Gasteiger partial charge in [-0.15, -0.1) is 0 Å². The number of nitrogens with one attached hydrogen (secondary N) is 1. The summed E-state index contributed by atoms with van der Waals surface area (Å²) in [4.78, 5) is 26.4. The van der Waals surface area contributed by atoms with Crippen molar-refractivity contribution in [2.75, 3.05) is 6.61 Å². The van der Waals surface area contributed by atoms with Crippen molar-refractivity contribution in [3.8, 4) is 0 Å². The van der Waals surface area contributed by atoms with E-state index in [0.717, 1.165) is 5.46 Å². The number of pyridine rings is 1. The largest absolute Gasteiger partial charge is 0.462 e. The van der Waals surface area contributed by atoms with Crippen LogP contribution in [0.15, 0.2) is 23.1 Å². The highest BCUT2D eigenvalue weighted by molar-refractivity contribution is 6.38. The minimum absolute atomic E-state index is 0.111. The van der Waals surface area contributed by atoms with Gasteiger partial charge in [0.05, 0.1) is 12.0 Å². The van der Waals surface area contributed by atoms with Gasteiger partial charge >= 0.3 is 5.97 Å². The van der Waals surface area contributed by atoms with Gasteiger partial charge in [-0.25, -0.2) is 9.18 Å². The summed E-state index contributed by atoms with van der Waals surface area (Å²) in [6.45, 7) is 1.80. The molecule has 0 saturated heterocycles. The molecule has 0 spiro atoms. The van der Waals surface area contributed by atoms with Crippen molar-refractivity contribution in [2.45, 2.75) is 6.92 Å². The molecule has 1 N–H and O–H groups in total. The number of halogens is 1. The van der Waals surface area contributed by atoms with E-state index < -0.39 is 17.2 Å². The number of rotatable bonds is 2. The van der Waals surface area contributed by atoms with Gasteiger partial charge in [-0.1, -0.05) is 11.5 Å². The number of aromatic amines is 1. The van der Waals surface area contributed by atoms with Gasteiger partial charge in [-0.3, -0.25) is 4.79 Å². The molecule has 0 aliphatic rings. The lowest BCUT2D eigenvalue weighted by molar-refractivity contribution is 0.0524. The van der Waals surface area contributed by atoms with E-state index in [9.17, 15) is 14.0 Å². The second kappa shape index (κ2) is 4.64. The third kappa shape index (κ3) is 1.90. The Labute approximate surface area is 103 Å². The molecule has 0 fully saturated rings. The first kappa shape index (κ1) is 12.4. The Morgan fingerprint density at radius 2 is 2.22 bits per heavy atom. The van der Waals surface area contributed by atoms with Crippen molar-refractivity contribution in [1.29, 1.82) is 0 Å². The topological polar surface area (TPSA) is 59.2 Å². The van der Waals surface area contributed by atoms with Crippen molar-refractivity contribution < 1.29 is 13.9 Å². The molecule has 4 nitrogen and oxygen atoms in total. The monoisotopic (exact) mass is 247 g/mol. The Bertz CT molecular complexity index is 681. The van der Waals surface area contributed by atoms with Crippen molar-refractivity contribution in [2.24, 2.45) is 0 Å². The average Bonchev–Trinajstić information content (AvgIpc) is 2.34. The molecule has 0 aliphatic heterocycles. The first-order chi connectivity index (χ1) is 8.56. The van der Waals surface area contributed by atoms with Gasteiger partial charge in [0, 0.05) is 11.7 Å². The second-order valence-corrected chi connectivity index (χ2v) is 3.87. The molecular weight excluding hydrogens is 236 g/mol. The molecule has 2 aromatic rings. The maximum absolute atomic E-state index is 13.7. The summed E-state index contributed by atoms with van der Waals surface area (Å²) in [7, 11) is 1.75. The summed E-state index contributed by atoms with van der Waals surface area (Å²) in [5.74, 6) is -1.40. The standard InChI is InChI=1S/C12H11BFNO3/c1-2-18-12(17)6-5-15-10-7(13)3-4-8(14)9(10)11(6)16/h3-5H,2,13H2,1H3,(H,15,16). The molecule has 0 aliphatic carbocycles. The van der Waals surface area contributed by atoms with E-state index in [1.807, 2.05) is 0 Å². The lowest BCUT2D eigenvalue weighted by Gasteiger charge is -2.06. The fraction of sp³-hybridized carbons (Fsp3) is 0.167. The number of benzene rings is 1. The van der Waals surface area contributed by atoms with Crippen LogP contribution in [0, 0.1) is 5.82 Å². The number of hydrogen-bond acceptors (Lipinski definition) is 3. The molecule has 0 unspecified atom stereocenters. The predicted octanol–water partition coefficient (Wildman–Crippen LogP) is 0.102. The molecule has 6 heteroatoms. The van der Waals surface area contributed by atoms with Crippen LogP contribution in [0.2, 0.25) is 0 Å². The van der Waals surface area contributed by atoms with Crippen LogP contribution < -0.4 is 10.9 Å². The third-order valence-corrected chi connectivity index (χ3v) is 2.69. The number of carbonyl (C=O) groups excluding carboxylic acids is 1. The lowest BCUT2D eigenvalue weighted by atomic mass is 9.92. The molecule has 2 rings (SSSR count). The van der Waals surface area contributed by atoms with Gasteiger partial charge in [0.2, 0.25) is 5.43 Å². The summed E-state index contributed by atoms with van der Waals surface area (Å²) in [5, 5.41) is -0.111. The minimum Gasteiger partial charge on any atom is -0.462 e. The van der Waals surface area contributed by atoms with Crippen LogP contribution in [0.5, 0.6) is 0 Å². The molecule has 92 valence electrons. The van der Waals surface area contributed by atoms with Gasteiger partial charge in [-0.05, 0) is 13.0 Å². The van der Waals surface area contributed by atoms with Gasteiger partial charge in [0.1, 0.15) is 19.2 Å². The second-order valence-electron chi connectivity index (χ2n) is 3.87. The molecule has 18 heavy (non-hydrogen) atoms. The highest BCUT2D eigenvalue weighted by Gasteiger charge is 2.16. The van der Waals surface area contributed by atoms with E-state index in [2.05, 4.69) is 4.98 Å². The third-order valence-electron chi connectivity index (χ3n) is 2.69. The quantitative estimate of drug-likeness (QED) is 0.604. The van der Waals surface area contributed by atoms with Crippen LogP contribution in [0.4, 0.5) is 4.39 Å². The zero-order chi connectivity index (χ0) is 13.3. The Balaban J connectivity index is 2.76. The number of fused-ring (bicyclic) bond motifs is 1. The Hall–Kier alpha value is -2.11. The smallest absolute Gasteiger partial charge is 0.343 e. The summed E-state index contributed by atoms with van der Waals surface area (Å²) in [6, 6.07) is 2.78. The molecule has 0 radical (unpaired) electrons. The number of aromatic nitrogens is 1. The minimum atomic E-state index is -0.749. The molecule has 0 bridgehead atoms. The number of hydrogen-bond donors (Lipinski definition) is 1. The summed E-state index contributed by atoms with van der Waals surface area (Å²) < 4.78 is 18.4. The number of H-pyrrole nitrogens is 1. The maximum Gasteiger partial charge on any atom is 0.343 e. The molecular formula is C12H11BFNO3. The summed E-state index contributed by atoms with van der Waals surface area (Å²) in [5.41, 5.74) is 0.296. The summed E-state index contributed by atoms with van der Waals surface area (Å²) in [6.07, 6.45) is 1.26. The molecule has 1 heterocycles. The lowest BCUT2D eigenvalue weighted by Crippen LogP contribution is -2.21. The van der Waals surface area contributed by atoms with E-state index in [-0.39, 0.29) is 17.6 Å². The van der Waals surface area contributed by atoms with E-state index in [4.69, 9.17) is 4.74 Å². The van der Waals surface area contributed by atoms with Crippen LogP contribution in [0.3, 0.4) is 0 Å². The van der Waals surface area contributed by atoms with Crippen LogP contribution in [0.1, 0.15) is 17.3 Å². The first-order valence-electron chi connectivity index (χ1n) is 5.54. The van der Waals surface area contributed by atoms with Gasteiger partial charge < -0.3 is 9.72 Å². The molecule has 0 atom stereocenters. The van der Waals surface area contributed by atoms with E-state index in [0.29, 0.717) is 5.52 Å². The fourth-order valence-electron chi connectivity index (χ4n) is 1.79. The van der Waals surface area contributed by atoms with E-state index >= 15 is 0 Å². The molecule has 0 saturated carbocycles. The first-order valence-corrected chi connectivity index (χ1v) is 5.54. The number of esters is 1. The van der Waals surface area contributed by atoms with Crippen molar-refractivity contribution in [1.82, 2.24) is 4.98 Å². The van der Waals surface area contributed by atoms with Gasteiger partial charge in [0.25, 0.3) is 0 Å². The molecule has 1 aromatic heterocycles. The van der Waals surface area contributed by atoms with Crippen molar-refractivity contribution >= 4 is 30.2 Å². The van der Waals surface area contributed by atoms with Crippen LogP contribution in [0.25, 0.3) is 10.9 Å². The average molecular weight is 247 g/mol. The Morgan fingerprint density at radius 3 is 2.89 bits per heavy atom. The van der Waals surface area contributed by atoms with Crippen LogP contribution in [-0.4, -0.2) is 25.4 Å². The SMILES string of the molecule is Bc1ccc(F)c2c(=O)c(C(=O)OCC)c[nH]c12. The highest BCUT2D eigenvalue weighted by Crippen LogP contribution is 2.10. The number of ether oxygens (including phenoxy) is 1. The number of carbonyl (C=O) groups is 1. The highest BCUT2D eigenvalue weighted by atomic mass is 19.1. The van der Waals surface area contributed by atoms with E-state index in [1.165, 1.54) is 12.3 Å². The molecule has 1 aromatic carbocycles. The zero-order valence-electron chi connectivity index (χ0n) is 10.0. The summed E-state index contributed by atoms with van der Waals surface area (Å²) >= 11 is 0.